The highest BCUT2D eigenvalue weighted by Gasteiger charge is 2.43. The Kier molecular flexibility index (Phi) is 2.51. The molecule has 2 aromatic rings. The van der Waals surface area contributed by atoms with E-state index in [4.69, 9.17) is 10.5 Å². The van der Waals surface area contributed by atoms with Gasteiger partial charge in [-0.05, 0) is 38.0 Å². The average molecular weight is 273 g/mol. The topological polar surface area (TPSA) is 78.9 Å². The van der Waals surface area contributed by atoms with Crippen molar-refractivity contribution < 1.29 is 4.74 Å². The predicted molar refractivity (Wildman–Crippen MR) is 74.9 cm³/mol. The molecule has 0 spiro atoms. The summed E-state index contributed by atoms with van der Waals surface area (Å²) < 4.78 is 8.27. The molecule has 6 heteroatoms. The van der Waals surface area contributed by atoms with Gasteiger partial charge in [-0.15, -0.1) is 0 Å². The predicted octanol–water partition coefficient (Wildman–Crippen LogP) is 2.05. The van der Waals surface area contributed by atoms with Gasteiger partial charge in [0.2, 0.25) is 5.95 Å². The van der Waals surface area contributed by atoms with Crippen molar-refractivity contribution in [3.63, 3.8) is 0 Å². The molecule has 0 radical (unpaired) electrons. The largest absolute Gasteiger partial charge is 0.368 e. The van der Waals surface area contributed by atoms with Crippen molar-refractivity contribution in [3.05, 3.63) is 12.0 Å². The highest BCUT2D eigenvalue weighted by Crippen LogP contribution is 2.46. The maximum absolute atomic E-state index is 6.25. The fraction of sp³-hybridized carbons (Fsp3) is 0.643. The zero-order chi connectivity index (χ0) is 13.9. The van der Waals surface area contributed by atoms with E-state index in [0.717, 1.165) is 23.3 Å². The van der Waals surface area contributed by atoms with Gasteiger partial charge >= 0.3 is 0 Å². The second-order valence-electron chi connectivity index (χ2n) is 6.10. The molecule has 106 valence electrons. The van der Waals surface area contributed by atoms with Crippen LogP contribution in [-0.2, 0) is 4.74 Å². The Morgan fingerprint density at radius 2 is 2.20 bits per heavy atom. The Morgan fingerprint density at radius 3 is 3.00 bits per heavy atom. The number of imidazole rings is 1. The van der Waals surface area contributed by atoms with Crippen LogP contribution in [0.15, 0.2) is 6.33 Å². The number of rotatable bonds is 1. The van der Waals surface area contributed by atoms with Gasteiger partial charge in [0.25, 0.3) is 0 Å². The number of nitrogens with two attached hydrogens (primary N) is 1. The molecule has 0 unspecified atom stereocenters. The summed E-state index contributed by atoms with van der Waals surface area (Å²) in [5.41, 5.74) is 8.18. The Morgan fingerprint density at radius 1 is 1.35 bits per heavy atom. The Bertz CT molecular complexity index is 667. The van der Waals surface area contributed by atoms with E-state index in [-0.39, 0.29) is 6.23 Å². The normalized spacial score (nSPS) is 32.9. The maximum Gasteiger partial charge on any atom is 0.222 e. The molecule has 2 aromatic heterocycles. The summed E-state index contributed by atoms with van der Waals surface area (Å²) in [5.74, 6) is 1.62. The molecule has 1 saturated carbocycles. The number of hydrogen-bond donors (Lipinski definition) is 1. The molecule has 4 rings (SSSR count). The second kappa shape index (κ2) is 4.15. The minimum atomic E-state index is 0.0337. The van der Waals surface area contributed by atoms with Crippen LogP contribution in [0.25, 0.3) is 11.2 Å². The lowest BCUT2D eigenvalue weighted by atomic mass is 10.0. The van der Waals surface area contributed by atoms with Crippen molar-refractivity contribution in [2.45, 2.75) is 45.4 Å². The summed E-state index contributed by atoms with van der Waals surface area (Å²) in [4.78, 5) is 12.9. The van der Waals surface area contributed by atoms with Crippen LogP contribution in [0.5, 0.6) is 0 Å². The Labute approximate surface area is 117 Å². The number of aryl methyl sites for hydroxylation is 1. The van der Waals surface area contributed by atoms with Crippen molar-refractivity contribution in [3.8, 4) is 0 Å². The molecule has 0 bridgehead atoms. The van der Waals surface area contributed by atoms with Gasteiger partial charge in [-0.1, -0.05) is 6.92 Å². The smallest absolute Gasteiger partial charge is 0.222 e. The number of fused-ring (bicyclic) bond motifs is 2. The Hall–Kier alpha value is -1.69. The standard InChI is InChI=1S/C14H19N5O/c1-7-3-4-9-5-10(20-12(7)9)19-6-16-11-8(2)17-14(15)18-13(11)19/h6-7,9-10,12H,3-5H2,1-2H3,(H2,15,17,18)/t7-,9-,10+,12-/m1/s1. The van der Waals surface area contributed by atoms with Gasteiger partial charge in [0.1, 0.15) is 11.7 Å². The van der Waals surface area contributed by atoms with E-state index in [2.05, 4.69) is 21.9 Å². The number of ether oxygens (including phenoxy) is 1. The van der Waals surface area contributed by atoms with Gasteiger partial charge in [-0.3, -0.25) is 4.57 Å². The molecule has 20 heavy (non-hydrogen) atoms. The highest BCUT2D eigenvalue weighted by molar-refractivity contribution is 5.74. The van der Waals surface area contributed by atoms with E-state index >= 15 is 0 Å². The summed E-state index contributed by atoms with van der Waals surface area (Å²) in [6.45, 7) is 4.19. The van der Waals surface area contributed by atoms with Crippen LogP contribution in [0.2, 0.25) is 0 Å². The van der Waals surface area contributed by atoms with Gasteiger partial charge < -0.3 is 10.5 Å². The van der Waals surface area contributed by atoms with Crippen molar-refractivity contribution in [2.24, 2.45) is 11.8 Å². The van der Waals surface area contributed by atoms with Crippen LogP contribution in [0.3, 0.4) is 0 Å². The summed E-state index contributed by atoms with van der Waals surface area (Å²) in [5, 5.41) is 0. The quantitative estimate of drug-likeness (QED) is 0.860. The van der Waals surface area contributed by atoms with E-state index < -0.39 is 0 Å². The van der Waals surface area contributed by atoms with Crippen LogP contribution < -0.4 is 5.73 Å². The maximum atomic E-state index is 6.25. The summed E-state index contributed by atoms with van der Waals surface area (Å²) in [7, 11) is 0. The first-order valence-electron chi connectivity index (χ1n) is 7.25. The molecule has 2 aliphatic rings. The number of nitrogen functional groups attached to an aromatic ring is 1. The van der Waals surface area contributed by atoms with E-state index in [0.29, 0.717) is 23.9 Å². The van der Waals surface area contributed by atoms with Crippen LogP contribution in [0.1, 0.15) is 38.1 Å². The fourth-order valence-electron chi connectivity index (χ4n) is 3.73. The molecular weight excluding hydrogens is 254 g/mol. The van der Waals surface area contributed by atoms with Crippen molar-refractivity contribution in [1.82, 2.24) is 19.5 Å². The molecule has 1 aliphatic heterocycles. The molecule has 2 N–H and O–H groups in total. The summed E-state index contributed by atoms with van der Waals surface area (Å²) in [6.07, 6.45) is 5.82. The zero-order valence-corrected chi connectivity index (χ0v) is 11.8. The molecular formula is C14H19N5O. The lowest BCUT2D eigenvalue weighted by Crippen LogP contribution is -2.17. The van der Waals surface area contributed by atoms with E-state index in [9.17, 15) is 0 Å². The lowest BCUT2D eigenvalue weighted by Gasteiger charge is -2.17. The number of nitrogens with zero attached hydrogens (tertiary/aromatic N) is 4. The highest BCUT2D eigenvalue weighted by atomic mass is 16.5. The van der Waals surface area contributed by atoms with E-state index in [1.165, 1.54) is 12.8 Å². The monoisotopic (exact) mass is 273 g/mol. The second-order valence-corrected chi connectivity index (χ2v) is 6.10. The zero-order valence-electron chi connectivity index (χ0n) is 11.8. The van der Waals surface area contributed by atoms with Gasteiger partial charge in [0.05, 0.1) is 18.1 Å². The van der Waals surface area contributed by atoms with Gasteiger partial charge in [0.15, 0.2) is 5.65 Å². The van der Waals surface area contributed by atoms with Crippen molar-refractivity contribution in [1.29, 1.82) is 0 Å². The molecule has 0 amide bonds. The molecule has 4 atom stereocenters. The van der Waals surface area contributed by atoms with E-state index in [1.807, 2.05) is 17.8 Å². The van der Waals surface area contributed by atoms with Crippen LogP contribution in [0.4, 0.5) is 5.95 Å². The molecule has 1 aliphatic carbocycles. The summed E-state index contributed by atoms with van der Waals surface area (Å²) >= 11 is 0. The summed E-state index contributed by atoms with van der Waals surface area (Å²) in [6, 6.07) is 0. The van der Waals surface area contributed by atoms with E-state index in [1.54, 1.807) is 0 Å². The molecule has 3 heterocycles. The van der Waals surface area contributed by atoms with Crippen molar-refractivity contribution in [2.75, 3.05) is 5.73 Å². The van der Waals surface area contributed by atoms with Crippen LogP contribution in [-0.4, -0.2) is 25.6 Å². The Balaban J connectivity index is 1.73. The molecule has 0 aromatic carbocycles. The van der Waals surface area contributed by atoms with Crippen molar-refractivity contribution >= 4 is 17.1 Å². The minimum absolute atomic E-state index is 0.0337. The first-order chi connectivity index (χ1) is 9.63. The number of aromatic nitrogens is 4. The lowest BCUT2D eigenvalue weighted by molar-refractivity contribution is -0.0175. The number of anilines is 1. The van der Waals surface area contributed by atoms with Gasteiger partial charge in [-0.2, -0.15) is 4.98 Å². The SMILES string of the molecule is Cc1nc(N)nc2c1ncn2[C@@H]1C[C@H]2CC[C@@H](C)[C@H]2O1. The molecule has 1 saturated heterocycles. The van der Waals surface area contributed by atoms with Crippen LogP contribution in [0, 0.1) is 18.8 Å². The van der Waals surface area contributed by atoms with Gasteiger partial charge in [-0.25, -0.2) is 9.97 Å². The fourth-order valence-corrected chi connectivity index (χ4v) is 3.73. The number of hydrogen-bond acceptors (Lipinski definition) is 5. The van der Waals surface area contributed by atoms with Crippen LogP contribution >= 0.6 is 0 Å². The molecule has 2 fully saturated rings. The third kappa shape index (κ3) is 1.64. The first kappa shape index (κ1) is 12.1. The third-order valence-electron chi connectivity index (χ3n) is 4.76. The molecule has 6 nitrogen and oxygen atoms in total. The first-order valence-corrected chi connectivity index (χ1v) is 7.25. The minimum Gasteiger partial charge on any atom is -0.368 e. The van der Waals surface area contributed by atoms with Gasteiger partial charge in [0, 0.05) is 0 Å². The average Bonchev–Trinajstić information content (AvgIpc) is 3.05. The third-order valence-corrected chi connectivity index (χ3v) is 4.76.